The number of carbonyl (C=O) groups is 1. The summed E-state index contributed by atoms with van der Waals surface area (Å²) in [5.41, 5.74) is 6.26. The fraction of sp³-hybridized carbons (Fsp3) is 0.417. The van der Waals surface area contributed by atoms with Gasteiger partial charge in [-0.25, -0.2) is 0 Å². The Labute approximate surface area is 106 Å². The summed E-state index contributed by atoms with van der Waals surface area (Å²) in [7, 11) is 0. The van der Waals surface area contributed by atoms with E-state index in [2.05, 4.69) is 4.98 Å². The van der Waals surface area contributed by atoms with Crippen LogP contribution in [0.5, 0.6) is 0 Å². The second-order valence-electron chi connectivity index (χ2n) is 4.21. The summed E-state index contributed by atoms with van der Waals surface area (Å²) in [4.78, 5) is 18.5. The maximum Gasteiger partial charge on any atom is 0.255 e. The average molecular weight is 249 g/mol. The van der Waals surface area contributed by atoms with Gasteiger partial charge in [0, 0.05) is 31.4 Å². The van der Waals surface area contributed by atoms with Gasteiger partial charge in [-0.2, -0.15) is 0 Å². The SMILES string of the molecule is NC(=S)C1CCN(C(=O)c2cccnc2)CC1. The van der Waals surface area contributed by atoms with Crippen molar-refractivity contribution in [3.63, 3.8) is 0 Å². The molecule has 1 aromatic rings. The van der Waals surface area contributed by atoms with E-state index in [4.69, 9.17) is 18.0 Å². The van der Waals surface area contributed by atoms with Crippen LogP contribution in [0.25, 0.3) is 0 Å². The van der Waals surface area contributed by atoms with Gasteiger partial charge in [0.25, 0.3) is 5.91 Å². The normalized spacial score (nSPS) is 16.8. The number of amides is 1. The van der Waals surface area contributed by atoms with Crippen molar-refractivity contribution in [3.05, 3.63) is 30.1 Å². The van der Waals surface area contributed by atoms with Crippen molar-refractivity contribution in [3.8, 4) is 0 Å². The Morgan fingerprint density at radius 3 is 2.71 bits per heavy atom. The maximum atomic E-state index is 12.1. The van der Waals surface area contributed by atoms with E-state index in [1.54, 1.807) is 24.5 Å². The largest absolute Gasteiger partial charge is 0.393 e. The van der Waals surface area contributed by atoms with E-state index in [-0.39, 0.29) is 11.8 Å². The van der Waals surface area contributed by atoms with E-state index in [1.807, 2.05) is 4.90 Å². The van der Waals surface area contributed by atoms with Crippen LogP contribution < -0.4 is 5.73 Å². The summed E-state index contributed by atoms with van der Waals surface area (Å²) in [6.07, 6.45) is 4.99. The number of nitrogens with two attached hydrogens (primary N) is 1. The lowest BCUT2D eigenvalue weighted by Crippen LogP contribution is -2.41. The minimum Gasteiger partial charge on any atom is -0.393 e. The van der Waals surface area contributed by atoms with Gasteiger partial charge < -0.3 is 10.6 Å². The van der Waals surface area contributed by atoms with Crippen molar-refractivity contribution < 1.29 is 4.79 Å². The number of pyridine rings is 1. The minimum atomic E-state index is 0.0412. The highest BCUT2D eigenvalue weighted by Crippen LogP contribution is 2.18. The Balaban J connectivity index is 1.98. The zero-order valence-electron chi connectivity index (χ0n) is 9.50. The minimum absolute atomic E-state index is 0.0412. The molecule has 2 heterocycles. The molecule has 2 rings (SSSR count). The number of likely N-dealkylation sites (tertiary alicyclic amines) is 1. The quantitative estimate of drug-likeness (QED) is 0.801. The highest BCUT2D eigenvalue weighted by atomic mass is 32.1. The number of hydrogen-bond donors (Lipinski definition) is 1. The molecule has 5 heteroatoms. The molecule has 1 fully saturated rings. The van der Waals surface area contributed by atoms with Crippen LogP contribution in [-0.4, -0.2) is 33.9 Å². The second-order valence-corrected chi connectivity index (χ2v) is 4.68. The van der Waals surface area contributed by atoms with Crippen molar-refractivity contribution in [2.45, 2.75) is 12.8 Å². The lowest BCUT2D eigenvalue weighted by atomic mass is 9.96. The standard InChI is InChI=1S/C12H15N3OS/c13-11(17)9-3-6-15(7-4-9)12(16)10-2-1-5-14-8-10/h1-2,5,8-9H,3-4,6-7H2,(H2,13,17). The molecule has 0 aliphatic carbocycles. The molecular formula is C12H15N3OS. The Bertz CT molecular complexity index is 413. The van der Waals surface area contributed by atoms with Crippen molar-refractivity contribution >= 4 is 23.1 Å². The number of aromatic nitrogens is 1. The Kier molecular flexibility index (Phi) is 3.68. The Morgan fingerprint density at radius 2 is 2.18 bits per heavy atom. The molecule has 0 aromatic carbocycles. The van der Waals surface area contributed by atoms with Gasteiger partial charge in [-0.3, -0.25) is 9.78 Å². The number of nitrogens with zero attached hydrogens (tertiary/aromatic N) is 2. The van der Waals surface area contributed by atoms with Crippen LogP contribution >= 0.6 is 12.2 Å². The number of rotatable bonds is 2. The van der Waals surface area contributed by atoms with Crippen molar-refractivity contribution in [2.24, 2.45) is 11.7 Å². The molecular weight excluding hydrogens is 234 g/mol. The maximum absolute atomic E-state index is 12.1. The van der Waals surface area contributed by atoms with Gasteiger partial charge in [0.15, 0.2) is 0 Å². The fourth-order valence-corrected chi connectivity index (χ4v) is 2.27. The summed E-state index contributed by atoms with van der Waals surface area (Å²) in [5.74, 6) is 0.322. The summed E-state index contributed by atoms with van der Waals surface area (Å²) in [6.45, 7) is 1.44. The second kappa shape index (κ2) is 5.23. The molecule has 0 bridgehead atoms. The molecule has 2 N–H and O–H groups in total. The van der Waals surface area contributed by atoms with Crippen LogP contribution in [0.4, 0.5) is 0 Å². The molecule has 1 aromatic heterocycles. The molecule has 0 atom stereocenters. The molecule has 17 heavy (non-hydrogen) atoms. The fourth-order valence-electron chi connectivity index (χ4n) is 2.04. The smallest absolute Gasteiger partial charge is 0.255 e. The van der Waals surface area contributed by atoms with E-state index in [1.165, 1.54) is 0 Å². The van der Waals surface area contributed by atoms with Gasteiger partial charge in [0.2, 0.25) is 0 Å². The van der Waals surface area contributed by atoms with E-state index in [0.717, 1.165) is 25.9 Å². The third-order valence-corrected chi connectivity index (χ3v) is 3.43. The highest BCUT2D eigenvalue weighted by molar-refractivity contribution is 7.80. The van der Waals surface area contributed by atoms with Crippen LogP contribution in [0, 0.1) is 5.92 Å². The van der Waals surface area contributed by atoms with Gasteiger partial charge in [0.05, 0.1) is 10.6 Å². The van der Waals surface area contributed by atoms with E-state index < -0.39 is 0 Å². The van der Waals surface area contributed by atoms with Gasteiger partial charge in [-0.1, -0.05) is 12.2 Å². The predicted octanol–water partition coefficient (Wildman–Crippen LogP) is 1.22. The van der Waals surface area contributed by atoms with Crippen molar-refractivity contribution in [1.82, 2.24) is 9.88 Å². The average Bonchev–Trinajstić information content (AvgIpc) is 2.39. The van der Waals surface area contributed by atoms with Crippen molar-refractivity contribution in [1.29, 1.82) is 0 Å². The first-order valence-electron chi connectivity index (χ1n) is 5.67. The molecule has 0 unspecified atom stereocenters. The van der Waals surface area contributed by atoms with Crippen LogP contribution in [-0.2, 0) is 0 Å². The molecule has 0 radical (unpaired) electrons. The van der Waals surface area contributed by atoms with Crippen LogP contribution in [0.2, 0.25) is 0 Å². The summed E-state index contributed by atoms with van der Waals surface area (Å²) in [5, 5.41) is 0. The number of piperidine rings is 1. The summed E-state index contributed by atoms with van der Waals surface area (Å²) in [6, 6.07) is 3.56. The van der Waals surface area contributed by atoms with E-state index >= 15 is 0 Å². The summed E-state index contributed by atoms with van der Waals surface area (Å²) < 4.78 is 0. The Hall–Kier alpha value is -1.49. The zero-order valence-corrected chi connectivity index (χ0v) is 10.3. The number of hydrogen-bond acceptors (Lipinski definition) is 3. The third kappa shape index (κ3) is 2.79. The van der Waals surface area contributed by atoms with E-state index in [9.17, 15) is 4.79 Å². The monoisotopic (exact) mass is 249 g/mol. The molecule has 1 aliphatic rings. The molecule has 1 saturated heterocycles. The van der Waals surface area contributed by atoms with Crippen molar-refractivity contribution in [2.75, 3.05) is 13.1 Å². The van der Waals surface area contributed by atoms with Gasteiger partial charge in [-0.05, 0) is 25.0 Å². The topological polar surface area (TPSA) is 59.2 Å². The van der Waals surface area contributed by atoms with Gasteiger partial charge in [-0.15, -0.1) is 0 Å². The third-order valence-electron chi connectivity index (χ3n) is 3.09. The van der Waals surface area contributed by atoms with Crippen LogP contribution in [0.1, 0.15) is 23.2 Å². The molecule has 0 spiro atoms. The first-order valence-corrected chi connectivity index (χ1v) is 6.08. The zero-order chi connectivity index (χ0) is 12.3. The Morgan fingerprint density at radius 1 is 1.47 bits per heavy atom. The lowest BCUT2D eigenvalue weighted by molar-refractivity contribution is 0.0710. The molecule has 4 nitrogen and oxygen atoms in total. The van der Waals surface area contributed by atoms with Crippen LogP contribution in [0.15, 0.2) is 24.5 Å². The van der Waals surface area contributed by atoms with Gasteiger partial charge in [0.1, 0.15) is 0 Å². The first-order chi connectivity index (χ1) is 8.18. The summed E-state index contributed by atoms with van der Waals surface area (Å²) >= 11 is 4.98. The molecule has 1 aliphatic heterocycles. The number of carbonyl (C=O) groups excluding carboxylic acids is 1. The molecule has 1 amide bonds. The van der Waals surface area contributed by atoms with Crippen LogP contribution in [0.3, 0.4) is 0 Å². The highest BCUT2D eigenvalue weighted by Gasteiger charge is 2.24. The first kappa shape index (κ1) is 12.0. The van der Waals surface area contributed by atoms with Gasteiger partial charge >= 0.3 is 0 Å². The van der Waals surface area contributed by atoms with E-state index in [0.29, 0.717) is 10.6 Å². The predicted molar refractivity (Wildman–Crippen MR) is 69.6 cm³/mol. The lowest BCUT2D eigenvalue weighted by Gasteiger charge is -2.31. The molecule has 90 valence electrons. The number of thiocarbonyl (C=S) groups is 1. The molecule has 0 saturated carbocycles.